The number of quaternary nitrogens is 1. The first-order chi connectivity index (χ1) is 18.1. The van der Waals surface area contributed by atoms with Crippen LogP contribution in [0.2, 0.25) is 0 Å². The fourth-order valence-corrected chi connectivity index (χ4v) is 4.30. The molecule has 4 rings (SSSR count). The van der Waals surface area contributed by atoms with Crippen LogP contribution in [0.15, 0.2) is 46.9 Å². The average molecular weight is 549 g/mol. The van der Waals surface area contributed by atoms with Gasteiger partial charge in [-0.2, -0.15) is 13.2 Å². The van der Waals surface area contributed by atoms with E-state index in [1.54, 1.807) is 0 Å². The number of aryl methyl sites for hydroxylation is 2. The minimum atomic E-state index is -5.19. The van der Waals surface area contributed by atoms with Crippen LogP contribution in [-0.2, 0) is 22.4 Å². The zero-order valence-electron chi connectivity index (χ0n) is 22.2. The first kappa shape index (κ1) is 29.7. The van der Waals surface area contributed by atoms with Crippen molar-refractivity contribution < 1.29 is 42.1 Å². The third-order valence-corrected chi connectivity index (χ3v) is 6.34. The number of aliphatic carboxylic acids is 2. The van der Waals surface area contributed by atoms with Gasteiger partial charge in [-0.1, -0.05) is 12.1 Å². The van der Waals surface area contributed by atoms with Crippen LogP contribution in [0.1, 0.15) is 41.3 Å². The van der Waals surface area contributed by atoms with Gasteiger partial charge >= 0.3 is 12.1 Å². The zero-order chi connectivity index (χ0) is 29.0. The van der Waals surface area contributed by atoms with Crippen molar-refractivity contribution in [3.63, 3.8) is 0 Å². The number of nitrogens with zero attached hydrogens (tertiary/aromatic N) is 2. The second kappa shape index (κ2) is 11.9. The molecule has 1 aromatic heterocycles. The number of halogens is 3. The van der Waals surface area contributed by atoms with Crippen molar-refractivity contribution in [1.29, 1.82) is 0 Å². The number of aromatic nitrogens is 1. The summed E-state index contributed by atoms with van der Waals surface area (Å²) in [6, 6.07) is 14.3. The van der Waals surface area contributed by atoms with Gasteiger partial charge in [-0.3, -0.25) is 9.28 Å². The normalized spacial score (nSPS) is 14.8. The predicted octanol–water partition coefficient (Wildman–Crippen LogP) is 4.27. The van der Waals surface area contributed by atoms with E-state index in [9.17, 15) is 18.0 Å². The molecule has 8 nitrogen and oxygen atoms in total. The molecule has 1 N–H and O–H groups in total. The first-order valence-corrected chi connectivity index (χ1v) is 12.3. The standard InChI is InChI=1S/C26H30N2O4.C2HF3O2/c1-17-24(27-26(32-17)20-6-5-7-21(14-20)28(2,3)4)12-13-31-22-10-11-23-18(15-22)8-9-19(23)16-25(29)30;3-2(4,5)1(6)7/h5-7,10-11,14-15,19H,8-9,12-13,16H2,1-4H3;(H,6,7)/t19-;/m0./s1. The van der Waals surface area contributed by atoms with Gasteiger partial charge in [0, 0.05) is 18.1 Å². The molecule has 2 aromatic carbocycles. The van der Waals surface area contributed by atoms with Crippen molar-refractivity contribution in [3.8, 4) is 17.2 Å². The minimum Gasteiger partial charge on any atom is -0.542 e. The topological polar surface area (TPSA) is 113 Å². The number of fused-ring (bicyclic) bond motifs is 1. The Morgan fingerprint density at radius 3 is 2.49 bits per heavy atom. The predicted molar refractivity (Wildman–Crippen MR) is 136 cm³/mol. The van der Waals surface area contributed by atoms with Crippen molar-refractivity contribution in [3.05, 3.63) is 65.0 Å². The Hall–Kier alpha value is -3.86. The third-order valence-electron chi connectivity index (χ3n) is 6.34. The van der Waals surface area contributed by atoms with Crippen LogP contribution in [0.3, 0.4) is 0 Å². The van der Waals surface area contributed by atoms with Crippen LogP contribution in [0.4, 0.5) is 18.9 Å². The lowest BCUT2D eigenvalue weighted by molar-refractivity contribution is -0.344. The molecule has 1 atom stereocenters. The van der Waals surface area contributed by atoms with Gasteiger partial charge in [-0.05, 0) is 61.1 Å². The van der Waals surface area contributed by atoms with E-state index in [1.807, 2.05) is 31.2 Å². The first-order valence-electron chi connectivity index (χ1n) is 12.3. The molecular formula is C28H31F3N2O6. The number of oxazole rings is 1. The molecule has 39 heavy (non-hydrogen) atoms. The lowest BCUT2D eigenvalue weighted by Gasteiger charge is -2.23. The van der Waals surface area contributed by atoms with E-state index in [-0.39, 0.29) is 12.3 Å². The smallest absolute Gasteiger partial charge is 0.430 e. The summed E-state index contributed by atoms with van der Waals surface area (Å²) in [5.41, 5.74) is 5.41. The van der Waals surface area contributed by atoms with Crippen LogP contribution < -0.4 is 14.3 Å². The second-order valence-corrected chi connectivity index (χ2v) is 10.2. The van der Waals surface area contributed by atoms with Crippen LogP contribution >= 0.6 is 0 Å². The number of carboxylic acids is 2. The van der Waals surface area contributed by atoms with E-state index >= 15 is 0 Å². The molecule has 0 bridgehead atoms. The van der Waals surface area contributed by atoms with E-state index in [2.05, 4.69) is 39.3 Å². The minimum absolute atomic E-state index is 0.114. The number of carbonyl (C=O) groups excluding carboxylic acids is 1. The number of hydrogen-bond acceptors (Lipinski definition) is 6. The molecule has 0 fully saturated rings. The summed E-state index contributed by atoms with van der Waals surface area (Å²) < 4.78 is 44.2. The summed E-state index contributed by atoms with van der Waals surface area (Å²) in [4.78, 5) is 24.6. The van der Waals surface area contributed by atoms with Gasteiger partial charge in [0.2, 0.25) is 5.89 Å². The summed E-state index contributed by atoms with van der Waals surface area (Å²) >= 11 is 0. The average Bonchev–Trinajstić information content (AvgIpc) is 3.41. The van der Waals surface area contributed by atoms with E-state index in [4.69, 9.17) is 29.1 Å². The Kier molecular flexibility index (Phi) is 9.06. The number of hydrogen-bond donors (Lipinski definition) is 1. The van der Waals surface area contributed by atoms with Crippen molar-refractivity contribution in [2.45, 2.75) is 44.7 Å². The Labute approximate surface area is 224 Å². The lowest BCUT2D eigenvalue weighted by Crippen LogP contribution is -2.37. The number of carbonyl (C=O) groups is 2. The quantitative estimate of drug-likeness (QED) is 0.419. The summed E-state index contributed by atoms with van der Waals surface area (Å²) in [5.74, 6) is -1.37. The summed E-state index contributed by atoms with van der Waals surface area (Å²) in [7, 11) is 6.40. The third kappa shape index (κ3) is 8.06. The Morgan fingerprint density at radius 2 is 1.87 bits per heavy atom. The fraction of sp³-hybridized carbons (Fsp3) is 0.393. The molecule has 1 aliphatic rings. The lowest BCUT2D eigenvalue weighted by atomic mass is 9.98. The second-order valence-electron chi connectivity index (χ2n) is 10.2. The van der Waals surface area contributed by atoms with E-state index in [0.717, 1.165) is 45.7 Å². The van der Waals surface area contributed by atoms with Crippen molar-refractivity contribution >= 4 is 17.6 Å². The van der Waals surface area contributed by atoms with E-state index in [0.29, 0.717) is 18.9 Å². The SMILES string of the molecule is Cc1oc(-c2cccc([N+](C)(C)C)c2)nc1CCOc1ccc2c(c1)CC[C@H]2CC(=O)O.O=C([O-])C(F)(F)F. The highest BCUT2D eigenvalue weighted by Gasteiger charge is 2.29. The van der Waals surface area contributed by atoms with E-state index in [1.165, 1.54) is 11.3 Å². The number of rotatable bonds is 8. The summed E-state index contributed by atoms with van der Waals surface area (Å²) in [5, 5.41) is 17.9. The molecule has 1 heterocycles. The molecule has 0 unspecified atom stereocenters. The zero-order valence-corrected chi connectivity index (χ0v) is 22.2. The highest BCUT2D eigenvalue weighted by atomic mass is 19.4. The number of carboxylic acid groups (broad SMARTS) is 2. The van der Waals surface area contributed by atoms with Gasteiger partial charge in [0.1, 0.15) is 23.2 Å². The molecule has 0 saturated heterocycles. The molecule has 0 spiro atoms. The highest BCUT2D eigenvalue weighted by molar-refractivity contribution is 5.70. The maximum Gasteiger partial charge on any atom is 0.430 e. The van der Waals surface area contributed by atoms with Crippen LogP contribution in [0.5, 0.6) is 5.75 Å². The van der Waals surface area contributed by atoms with Crippen LogP contribution in [0.25, 0.3) is 11.5 Å². The maximum absolute atomic E-state index is 11.0. The maximum atomic E-state index is 11.0. The largest absolute Gasteiger partial charge is 0.542 e. The molecule has 0 saturated carbocycles. The molecule has 3 aromatic rings. The number of alkyl halides is 3. The van der Waals surface area contributed by atoms with Crippen molar-refractivity contribution in [2.75, 3.05) is 27.7 Å². The van der Waals surface area contributed by atoms with Gasteiger partial charge in [-0.15, -0.1) is 0 Å². The van der Waals surface area contributed by atoms with Gasteiger partial charge in [-0.25, -0.2) is 4.98 Å². The van der Waals surface area contributed by atoms with Gasteiger partial charge in [0.15, 0.2) is 0 Å². The monoisotopic (exact) mass is 548 g/mol. The number of ether oxygens (including phenoxy) is 1. The molecule has 210 valence electrons. The number of benzene rings is 2. The fourth-order valence-electron chi connectivity index (χ4n) is 4.30. The van der Waals surface area contributed by atoms with Gasteiger partial charge in [0.25, 0.3) is 0 Å². The molecular weight excluding hydrogens is 517 g/mol. The molecule has 0 amide bonds. The summed E-state index contributed by atoms with van der Waals surface area (Å²) in [6.07, 6.45) is -2.55. The van der Waals surface area contributed by atoms with E-state index < -0.39 is 18.1 Å². The van der Waals surface area contributed by atoms with Crippen molar-refractivity contribution in [2.24, 2.45) is 0 Å². The molecule has 0 radical (unpaired) electrons. The molecule has 1 aliphatic carbocycles. The Morgan fingerprint density at radius 1 is 1.18 bits per heavy atom. The molecule has 11 heteroatoms. The van der Waals surface area contributed by atoms with Gasteiger partial charge in [0.05, 0.1) is 39.9 Å². The highest BCUT2D eigenvalue weighted by Crippen LogP contribution is 2.37. The Balaban J connectivity index is 0.000000532. The van der Waals surface area contributed by atoms with Crippen LogP contribution in [-0.4, -0.2) is 56.0 Å². The van der Waals surface area contributed by atoms with Gasteiger partial charge < -0.3 is 24.2 Å². The molecule has 0 aliphatic heterocycles. The van der Waals surface area contributed by atoms with Crippen molar-refractivity contribution in [1.82, 2.24) is 9.47 Å². The van der Waals surface area contributed by atoms with Crippen LogP contribution in [0, 0.1) is 6.92 Å². The summed E-state index contributed by atoms with van der Waals surface area (Å²) in [6.45, 7) is 2.44. The Bertz CT molecular complexity index is 1330.